The molecule has 0 fully saturated rings. The van der Waals surface area contributed by atoms with Crippen molar-refractivity contribution in [2.24, 2.45) is 0 Å². The average Bonchev–Trinajstić information content (AvgIpc) is 2.98. The van der Waals surface area contributed by atoms with E-state index in [1.54, 1.807) is 11.3 Å². The maximum Gasteiger partial charge on any atom is 0.154 e. The zero-order valence-electron chi connectivity index (χ0n) is 10.3. The number of rotatable bonds is 2. The van der Waals surface area contributed by atoms with Crippen molar-refractivity contribution in [1.82, 2.24) is 10.2 Å². The van der Waals surface area contributed by atoms with Gasteiger partial charge in [0.15, 0.2) is 5.82 Å². The topological polar surface area (TPSA) is 54.7 Å². The van der Waals surface area contributed by atoms with Crippen molar-refractivity contribution in [3.63, 3.8) is 0 Å². The van der Waals surface area contributed by atoms with E-state index in [1.807, 2.05) is 42.6 Å². The first-order valence-corrected chi connectivity index (χ1v) is 7.07. The number of halogens is 1. The van der Waals surface area contributed by atoms with E-state index < -0.39 is 0 Å². The second-order valence-corrected chi connectivity index (χ2v) is 5.68. The molecule has 0 bridgehead atoms. The van der Waals surface area contributed by atoms with Gasteiger partial charge in [-0.15, -0.1) is 11.3 Å². The Morgan fingerprint density at radius 2 is 2.16 bits per heavy atom. The Kier molecular flexibility index (Phi) is 3.05. The van der Waals surface area contributed by atoms with E-state index in [9.17, 15) is 0 Å². The molecule has 5 heteroatoms. The highest BCUT2D eigenvalue weighted by molar-refractivity contribution is 7.13. The van der Waals surface area contributed by atoms with Gasteiger partial charge < -0.3 is 5.73 Å². The Hall–Kier alpha value is -1.78. The SMILES string of the molecule is Cc1cc(Cl)ccc1-c1[nH]nc(N)c1-c1cccs1. The molecule has 0 spiro atoms. The lowest BCUT2D eigenvalue weighted by molar-refractivity contribution is 1.10. The molecule has 0 aliphatic carbocycles. The van der Waals surface area contributed by atoms with Crippen LogP contribution in [0.3, 0.4) is 0 Å². The zero-order chi connectivity index (χ0) is 13.4. The fourth-order valence-corrected chi connectivity index (χ4v) is 3.14. The van der Waals surface area contributed by atoms with Gasteiger partial charge in [0, 0.05) is 15.5 Å². The number of aromatic nitrogens is 2. The van der Waals surface area contributed by atoms with Gasteiger partial charge in [-0.1, -0.05) is 23.7 Å². The summed E-state index contributed by atoms with van der Waals surface area (Å²) in [5.41, 5.74) is 10.0. The van der Waals surface area contributed by atoms with E-state index in [0.29, 0.717) is 5.82 Å². The number of nitrogens with two attached hydrogens (primary N) is 1. The number of anilines is 1. The normalized spacial score (nSPS) is 10.8. The van der Waals surface area contributed by atoms with E-state index in [0.717, 1.165) is 32.3 Å². The molecule has 0 radical (unpaired) electrons. The molecule has 2 heterocycles. The molecule has 96 valence electrons. The molecule has 3 N–H and O–H groups in total. The molecule has 0 aliphatic rings. The summed E-state index contributed by atoms with van der Waals surface area (Å²) in [7, 11) is 0. The van der Waals surface area contributed by atoms with E-state index in [4.69, 9.17) is 17.3 Å². The predicted octanol–water partition coefficient (Wildman–Crippen LogP) is 4.35. The molecule has 0 unspecified atom stereocenters. The molecule has 0 amide bonds. The third-order valence-corrected chi connectivity index (χ3v) is 4.14. The highest BCUT2D eigenvalue weighted by Gasteiger charge is 2.16. The summed E-state index contributed by atoms with van der Waals surface area (Å²) in [5.74, 6) is 0.520. The molecule has 0 atom stereocenters. The minimum absolute atomic E-state index is 0.520. The first-order chi connectivity index (χ1) is 9.16. The van der Waals surface area contributed by atoms with Gasteiger partial charge in [0.2, 0.25) is 0 Å². The number of H-pyrrole nitrogens is 1. The fraction of sp³-hybridized carbons (Fsp3) is 0.0714. The maximum absolute atomic E-state index is 6.00. The largest absolute Gasteiger partial charge is 0.382 e. The van der Waals surface area contributed by atoms with Crippen molar-refractivity contribution in [2.75, 3.05) is 5.73 Å². The van der Waals surface area contributed by atoms with E-state index in [1.165, 1.54) is 0 Å². The van der Waals surface area contributed by atoms with Gasteiger partial charge in [-0.3, -0.25) is 5.10 Å². The molecule has 2 aromatic heterocycles. The average molecular weight is 290 g/mol. The van der Waals surface area contributed by atoms with Crippen LogP contribution in [0.15, 0.2) is 35.7 Å². The van der Waals surface area contributed by atoms with Gasteiger partial charge in [-0.2, -0.15) is 5.10 Å². The van der Waals surface area contributed by atoms with Crippen molar-refractivity contribution in [3.8, 4) is 21.7 Å². The van der Waals surface area contributed by atoms with Crippen molar-refractivity contribution in [2.45, 2.75) is 6.92 Å². The number of aryl methyl sites for hydroxylation is 1. The monoisotopic (exact) mass is 289 g/mol. The standard InChI is InChI=1S/C14H12ClN3S/c1-8-7-9(15)4-5-10(8)13-12(14(16)18-17-13)11-3-2-6-19-11/h2-7H,1H3,(H3,16,17,18). The van der Waals surface area contributed by atoms with Gasteiger partial charge in [-0.05, 0) is 36.1 Å². The highest BCUT2D eigenvalue weighted by Crippen LogP contribution is 2.38. The van der Waals surface area contributed by atoms with Crippen molar-refractivity contribution in [3.05, 3.63) is 46.3 Å². The molecular formula is C14H12ClN3S. The first kappa shape index (κ1) is 12.3. The second kappa shape index (κ2) is 4.72. The smallest absolute Gasteiger partial charge is 0.154 e. The lowest BCUT2D eigenvalue weighted by Crippen LogP contribution is -1.88. The minimum atomic E-state index is 0.520. The zero-order valence-corrected chi connectivity index (χ0v) is 11.8. The number of nitrogens with one attached hydrogen (secondary N) is 1. The number of hydrogen-bond donors (Lipinski definition) is 2. The lowest BCUT2D eigenvalue weighted by atomic mass is 10.0. The Labute approximate surface area is 120 Å². The number of hydrogen-bond acceptors (Lipinski definition) is 3. The van der Waals surface area contributed by atoms with Gasteiger partial charge in [0.1, 0.15) is 0 Å². The van der Waals surface area contributed by atoms with Crippen LogP contribution in [0.5, 0.6) is 0 Å². The third-order valence-electron chi connectivity index (χ3n) is 3.02. The number of thiophene rings is 1. The molecule has 0 saturated carbocycles. The second-order valence-electron chi connectivity index (χ2n) is 4.30. The van der Waals surface area contributed by atoms with Gasteiger partial charge in [0.25, 0.3) is 0 Å². The van der Waals surface area contributed by atoms with Crippen LogP contribution >= 0.6 is 22.9 Å². The summed E-state index contributed by atoms with van der Waals surface area (Å²) in [6.07, 6.45) is 0. The third kappa shape index (κ3) is 2.13. The number of aromatic amines is 1. The van der Waals surface area contributed by atoms with Crippen LogP contribution in [0.4, 0.5) is 5.82 Å². The van der Waals surface area contributed by atoms with Gasteiger partial charge in [-0.25, -0.2) is 0 Å². The molecular weight excluding hydrogens is 278 g/mol. The van der Waals surface area contributed by atoms with Crippen LogP contribution in [0.1, 0.15) is 5.56 Å². The lowest BCUT2D eigenvalue weighted by Gasteiger charge is -2.06. The Morgan fingerprint density at radius 3 is 2.84 bits per heavy atom. The summed E-state index contributed by atoms with van der Waals surface area (Å²) in [5, 5.41) is 9.92. The first-order valence-electron chi connectivity index (χ1n) is 5.81. The molecule has 3 aromatic rings. The Morgan fingerprint density at radius 1 is 1.32 bits per heavy atom. The van der Waals surface area contributed by atoms with Crippen molar-refractivity contribution in [1.29, 1.82) is 0 Å². The van der Waals surface area contributed by atoms with Crippen LogP contribution in [0.25, 0.3) is 21.7 Å². The number of nitrogen functional groups attached to an aromatic ring is 1. The fourth-order valence-electron chi connectivity index (χ4n) is 2.13. The van der Waals surface area contributed by atoms with Crippen LogP contribution in [-0.2, 0) is 0 Å². The summed E-state index contributed by atoms with van der Waals surface area (Å²) in [4.78, 5) is 1.11. The van der Waals surface area contributed by atoms with Crippen LogP contribution < -0.4 is 5.73 Å². The Bertz CT molecular complexity index is 716. The summed E-state index contributed by atoms with van der Waals surface area (Å²) in [6, 6.07) is 9.85. The predicted molar refractivity (Wildman–Crippen MR) is 81.5 cm³/mol. The van der Waals surface area contributed by atoms with E-state index in [-0.39, 0.29) is 0 Å². The van der Waals surface area contributed by atoms with Crippen LogP contribution in [0, 0.1) is 6.92 Å². The molecule has 3 rings (SSSR count). The van der Waals surface area contributed by atoms with Gasteiger partial charge >= 0.3 is 0 Å². The van der Waals surface area contributed by atoms with E-state index in [2.05, 4.69) is 10.2 Å². The highest BCUT2D eigenvalue weighted by atomic mass is 35.5. The quantitative estimate of drug-likeness (QED) is 0.737. The summed E-state index contributed by atoms with van der Waals surface area (Å²) in [6.45, 7) is 2.02. The molecule has 3 nitrogen and oxygen atoms in total. The number of benzene rings is 1. The van der Waals surface area contributed by atoms with Crippen molar-refractivity contribution >= 4 is 28.8 Å². The van der Waals surface area contributed by atoms with Gasteiger partial charge in [0.05, 0.1) is 11.3 Å². The maximum atomic E-state index is 6.00. The molecule has 1 aromatic carbocycles. The van der Waals surface area contributed by atoms with Crippen LogP contribution in [0.2, 0.25) is 5.02 Å². The molecule has 19 heavy (non-hydrogen) atoms. The van der Waals surface area contributed by atoms with Crippen LogP contribution in [-0.4, -0.2) is 10.2 Å². The summed E-state index contributed by atoms with van der Waals surface area (Å²) < 4.78 is 0. The van der Waals surface area contributed by atoms with Crippen molar-refractivity contribution < 1.29 is 0 Å². The molecule has 0 aliphatic heterocycles. The van der Waals surface area contributed by atoms with E-state index >= 15 is 0 Å². The Balaban J connectivity index is 2.21. The number of nitrogens with zero attached hydrogens (tertiary/aromatic N) is 1. The summed E-state index contributed by atoms with van der Waals surface area (Å²) >= 11 is 7.65. The minimum Gasteiger partial charge on any atom is -0.382 e. The molecule has 0 saturated heterocycles.